The molecule has 0 saturated carbocycles. The van der Waals surface area contributed by atoms with Gasteiger partial charge in [-0.3, -0.25) is 4.79 Å². The summed E-state index contributed by atoms with van der Waals surface area (Å²) >= 11 is 0. The van der Waals surface area contributed by atoms with Crippen LogP contribution < -0.4 is 5.32 Å². The molecule has 0 aliphatic rings. The van der Waals surface area contributed by atoms with Crippen molar-refractivity contribution in [2.75, 3.05) is 5.32 Å². The van der Waals surface area contributed by atoms with E-state index in [0.29, 0.717) is 12.1 Å². The second-order valence-corrected chi connectivity index (χ2v) is 6.25. The van der Waals surface area contributed by atoms with E-state index >= 15 is 0 Å². The van der Waals surface area contributed by atoms with Gasteiger partial charge in [-0.15, -0.1) is 0 Å². The molecule has 154 valence electrons. The van der Waals surface area contributed by atoms with Crippen molar-refractivity contribution in [2.24, 2.45) is 0 Å². The van der Waals surface area contributed by atoms with E-state index in [2.05, 4.69) is 5.32 Å². The van der Waals surface area contributed by atoms with Crippen molar-refractivity contribution in [3.05, 3.63) is 64.2 Å². The molecule has 0 bridgehead atoms. The Balaban J connectivity index is 2.52. The molecule has 2 aromatic rings. The fraction of sp³-hybridized carbons (Fsp3) is 0.263. The van der Waals surface area contributed by atoms with Gasteiger partial charge in [0.1, 0.15) is 0 Å². The highest BCUT2D eigenvalue weighted by molar-refractivity contribution is 6.06. The van der Waals surface area contributed by atoms with Crippen LogP contribution in [-0.2, 0) is 5.67 Å². The number of halogens is 7. The predicted octanol–water partition coefficient (Wildman–Crippen LogP) is 5.72. The number of amides is 1. The summed E-state index contributed by atoms with van der Waals surface area (Å²) in [7, 11) is 0. The lowest BCUT2D eigenvalue weighted by atomic mass is 9.90. The summed E-state index contributed by atoms with van der Waals surface area (Å²) in [5.74, 6) is -0.792. The fourth-order valence-electron chi connectivity index (χ4n) is 2.81. The number of hydrogen-bond acceptors (Lipinski definition) is 2. The van der Waals surface area contributed by atoms with Gasteiger partial charge in [0.2, 0.25) is 0 Å². The van der Waals surface area contributed by atoms with Gasteiger partial charge in [0, 0.05) is 11.3 Å². The minimum absolute atomic E-state index is 0.0221. The van der Waals surface area contributed by atoms with Gasteiger partial charge in [-0.05, 0) is 37.1 Å². The van der Waals surface area contributed by atoms with Gasteiger partial charge in [-0.1, -0.05) is 24.3 Å². The first-order valence-electron chi connectivity index (χ1n) is 7.98. The summed E-state index contributed by atoms with van der Waals surface area (Å²) in [6.07, 6.45) is -12.5. The quantitative estimate of drug-likeness (QED) is 0.649. The van der Waals surface area contributed by atoms with Crippen molar-refractivity contribution < 1.29 is 35.5 Å². The van der Waals surface area contributed by atoms with Gasteiger partial charge < -0.3 is 5.32 Å². The molecule has 0 fully saturated rings. The minimum Gasteiger partial charge on any atom is -0.321 e. The number of hydrogen-bond donors (Lipinski definition) is 1. The average Bonchev–Trinajstić information content (AvgIpc) is 2.61. The van der Waals surface area contributed by atoms with Gasteiger partial charge in [0.05, 0.1) is 17.2 Å². The van der Waals surface area contributed by atoms with Crippen LogP contribution in [0.1, 0.15) is 32.6 Å². The lowest BCUT2D eigenvalue weighted by molar-refractivity contribution is -0.348. The molecule has 0 aliphatic heterocycles. The third-order valence-electron chi connectivity index (χ3n) is 4.24. The smallest absolute Gasteiger partial charge is 0.321 e. The minimum atomic E-state index is -6.24. The second-order valence-electron chi connectivity index (χ2n) is 6.25. The number of carbonyl (C=O) groups excluding carboxylic acids is 1. The molecular formula is C19H13F7N2O. The van der Waals surface area contributed by atoms with Crippen molar-refractivity contribution in [1.82, 2.24) is 0 Å². The highest BCUT2D eigenvalue weighted by Crippen LogP contribution is 2.53. The zero-order valence-corrected chi connectivity index (χ0v) is 15.0. The number of nitrogens with zero attached hydrogens (tertiary/aromatic N) is 1. The SMILES string of the molecule is Cc1cc(C(F)(C(F)(F)F)C(F)(F)F)cc(C)c1NC(=O)c1ccccc1C#N. The zero-order valence-electron chi connectivity index (χ0n) is 15.0. The summed E-state index contributed by atoms with van der Waals surface area (Å²) < 4.78 is 92.1. The van der Waals surface area contributed by atoms with E-state index in [-0.39, 0.29) is 27.9 Å². The topological polar surface area (TPSA) is 52.9 Å². The Bertz CT molecular complexity index is 950. The Morgan fingerprint density at radius 2 is 1.41 bits per heavy atom. The second kappa shape index (κ2) is 7.39. The number of rotatable bonds is 3. The standard InChI is InChI=1S/C19H13F7N2O/c1-10-7-13(17(20,18(21,22)23)19(24,25)26)8-11(2)15(10)28-16(29)14-6-4-3-5-12(14)9-27/h3-8H,1-2H3,(H,28,29). The van der Waals surface area contributed by atoms with Crippen LogP contribution in [0, 0.1) is 25.2 Å². The van der Waals surface area contributed by atoms with Crippen LogP contribution in [0.15, 0.2) is 36.4 Å². The fourth-order valence-corrected chi connectivity index (χ4v) is 2.81. The highest BCUT2D eigenvalue weighted by atomic mass is 19.4. The van der Waals surface area contributed by atoms with Gasteiger partial charge in [-0.2, -0.15) is 31.6 Å². The number of alkyl halides is 7. The number of carbonyl (C=O) groups is 1. The van der Waals surface area contributed by atoms with Crippen molar-refractivity contribution in [2.45, 2.75) is 31.9 Å². The Labute approximate surface area is 160 Å². The van der Waals surface area contributed by atoms with E-state index in [4.69, 9.17) is 5.26 Å². The number of aryl methyl sites for hydroxylation is 2. The normalized spacial score (nSPS) is 12.4. The average molecular weight is 418 g/mol. The molecule has 0 unspecified atom stereocenters. The molecule has 2 aromatic carbocycles. The summed E-state index contributed by atoms with van der Waals surface area (Å²) in [6, 6.07) is 8.24. The summed E-state index contributed by atoms with van der Waals surface area (Å²) in [6.45, 7) is 2.27. The molecule has 0 aromatic heterocycles. The summed E-state index contributed by atoms with van der Waals surface area (Å²) in [5, 5.41) is 11.4. The van der Waals surface area contributed by atoms with E-state index in [9.17, 15) is 35.5 Å². The van der Waals surface area contributed by atoms with Crippen LogP contribution in [0.2, 0.25) is 0 Å². The lowest BCUT2D eigenvalue weighted by Gasteiger charge is -2.31. The van der Waals surface area contributed by atoms with E-state index in [1.807, 2.05) is 0 Å². The molecule has 1 N–H and O–H groups in total. The highest BCUT2D eigenvalue weighted by Gasteiger charge is 2.73. The molecule has 2 rings (SSSR count). The van der Waals surface area contributed by atoms with Crippen molar-refractivity contribution in [3.63, 3.8) is 0 Å². The predicted molar refractivity (Wildman–Crippen MR) is 89.9 cm³/mol. The maximum absolute atomic E-state index is 14.3. The molecule has 1 amide bonds. The molecular weight excluding hydrogens is 405 g/mol. The third kappa shape index (κ3) is 3.90. The zero-order chi connectivity index (χ0) is 22.2. The van der Waals surface area contributed by atoms with Crippen molar-refractivity contribution in [1.29, 1.82) is 5.26 Å². The van der Waals surface area contributed by atoms with Crippen LogP contribution in [0.4, 0.5) is 36.4 Å². The van der Waals surface area contributed by atoms with Gasteiger partial charge >= 0.3 is 18.0 Å². The van der Waals surface area contributed by atoms with E-state index < -0.39 is 29.5 Å². The van der Waals surface area contributed by atoms with Gasteiger partial charge in [-0.25, -0.2) is 4.39 Å². The van der Waals surface area contributed by atoms with Crippen molar-refractivity contribution >= 4 is 11.6 Å². The van der Waals surface area contributed by atoms with Crippen LogP contribution in [0.25, 0.3) is 0 Å². The number of benzene rings is 2. The Morgan fingerprint density at radius 3 is 1.86 bits per heavy atom. The Hall–Kier alpha value is -3.09. The largest absolute Gasteiger partial charge is 0.435 e. The monoisotopic (exact) mass is 418 g/mol. The molecule has 3 nitrogen and oxygen atoms in total. The molecule has 0 heterocycles. The van der Waals surface area contributed by atoms with E-state index in [1.54, 1.807) is 6.07 Å². The van der Waals surface area contributed by atoms with E-state index in [0.717, 1.165) is 13.8 Å². The first kappa shape index (κ1) is 22.2. The third-order valence-corrected chi connectivity index (χ3v) is 4.24. The van der Waals surface area contributed by atoms with Crippen LogP contribution in [0.3, 0.4) is 0 Å². The molecule has 29 heavy (non-hydrogen) atoms. The molecule has 0 spiro atoms. The number of anilines is 1. The maximum Gasteiger partial charge on any atom is 0.435 e. The summed E-state index contributed by atoms with van der Waals surface area (Å²) in [5.41, 5.74) is -7.72. The van der Waals surface area contributed by atoms with Crippen LogP contribution >= 0.6 is 0 Å². The first-order chi connectivity index (χ1) is 13.2. The van der Waals surface area contributed by atoms with Crippen LogP contribution in [-0.4, -0.2) is 18.3 Å². The van der Waals surface area contributed by atoms with Crippen LogP contribution in [0.5, 0.6) is 0 Å². The molecule has 0 saturated heterocycles. The molecule has 0 atom stereocenters. The molecule has 0 aliphatic carbocycles. The Kier molecular flexibility index (Phi) is 5.65. The molecule has 10 heteroatoms. The van der Waals surface area contributed by atoms with E-state index in [1.165, 1.54) is 24.3 Å². The molecule has 0 radical (unpaired) electrons. The maximum atomic E-state index is 14.3. The van der Waals surface area contributed by atoms with Crippen molar-refractivity contribution in [3.8, 4) is 6.07 Å². The number of nitrogens with one attached hydrogen (secondary N) is 1. The first-order valence-corrected chi connectivity index (χ1v) is 7.98. The summed E-state index contributed by atoms with van der Waals surface area (Å²) in [4.78, 5) is 12.4. The van der Waals surface area contributed by atoms with Gasteiger partial charge in [0.25, 0.3) is 5.91 Å². The Morgan fingerprint density at radius 1 is 0.931 bits per heavy atom. The number of nitriles is 1. The van der Waals surface area contributed by atoms with Gasteiger partial charge in [0.15, 0.2) is 0 Å². The lowest BCUT2D eigenvalue weighted by Crippen LogP contribution is -2.50.